The summed E-state index contributed by atoms with van der Waals surface area (Å²) < 4.78 is 30.6. The maximum absolute atomic E-state index is 13.4. The van der Waals surface area contributed by atoms with Crippen LogP contribution >= 0.6 is 7.82 Å². The first kappa shape index (κ1) is 16.7. The van der Waals surface area contributed by atoms with E-state index in [1.54, 1.807) is 24.3 Å². The van der Waals surface area contributed by atoms with Crippen molar-refractivity contribution in [3.8, 4) is 17.2 Å². The van der Waals surface area contributed by atoms with Crippen molar-refractivity contribution in [2.24, 2.45) is 0 Å². The van der Waals surface area contributed by atoms with Crippen LogP contribution in [0.25, 0.3) is 0 Å². The molecule has 1 aliphatic rings. The number of fused-ring (bicyclic) bond motifs is 2. The van der Waals surface area contributed by atoms with Crippen LogP contribution in [0.5, 0.6) is 17.2 Å². The normalized spacial score (nSPS) is 14.7. The van der Waals surface area contributed by atoms with Crippen molar-refractivity contribution in [3.05, 3.63) is 89.0 Å². The average molecular weight is 366 g/mol. The van der Waals surface area contributed by atoms with Gasteiger partial charge < -0.3 is 13.6 Å². The van der Waals surface area contributed by atoms with Gasteiger partial charge in [0.1, 0.15) is 17.2 Å². The lowest BCUT2D eigenvalue weighted by Gasteiger charge is -2.25. The lowest BCUT2D eigenvalue weighted by molar-refractivity contribution is 0.294. The van der Waals surface area contributed by atoms with Gasteiger partial charge >= 0.3 is 7.82 Å². The standard InChI is InChI=1S/C21H19O4P/c1-15-8-10-20-17(12-15)14-18-13-16(2)9-11-21(18)25-26(22,24-20)23-19-6-4-3-5-7-19/h3-13H,14H2,1-2H3. The Balaban J connectivity index is 1.82. The fourth-order valence-corrected chi connectivity index (χ4v) is 4.31. The van der Waals surface area contributed by atoms with Gasteiger partial charge in [0.2, 0.25) is 0 Å². The SMILES string of the molecule is Cc1ccc2c(c1)Cc1cc(C)ccc1OP(=O)(Oc1ccccc1)O2. The molecule has 5 heteroatoms. The Bertz CT molecular complexity index is 941. The van der Waals surface area contributed by atoms with Gasteiger partial charge in [0.25, 0.3) is 0 Å². The van der Waals surface area contributed by atoms with Crippen LogP contribution in [0.15, 0.2) is 66.7 Å². The minimum absolute atomic E-state index is 0.429. The molecule has 1 heterocycles. The van der Waals surface area contributed by atoms with E-state index in [4.69, 9.17) is 13.6 Å². The van der Waals surface area contributed by atoms with E-state index in [1.807, 2.05) is 56.3 Å². The highest BCUT2D eigenvalue weighted by atomic mass is 31.2. The Morgan fingerprint density at radius 3 is 1.88 bits per heavy atom. The van der Waals surface area contributed by atoms with Crippen molar-refractivity contribution in [2.75, 3.05) is 0 Å². The van der Waals surface area contributed by atoms with Gasteiger partial charge in [0.15, 0.2) is 0 Å². The van der Waals surface area contributed by atoms with E-state index in [1.165, 1.54) is 0 Å². The predicted octanol–water partition coefficient (Wildman–Crippen LogP) is 5.85. The van der Waals surface area contributed by atoms with Crippen LogP contribution in [-0.2, 0) is 11.0 Å². The van der Waals surface area contributed by atoms with E-state index in [9.17, 15) is 4.57 Å². The summed E-state index contributed by atoms with van der Waals surface area (Å²) in [6.45, 7) is 4.04. The topological polar surface area (TPSA) is 44.8 Å². The molecule has 4 nitrogen and oxygen atoms in total. The Kier molecular flexibility index (Phi) is 4.21. The molecule has 0 amide bonds. The zero-order chi connectivity index (χ0) is 18.1. The quantitative estimate of drug-likeness (QED) is 0.534. The molecule has 0 atom stereocenters. The molecule has 0 N–H and O–H groups in total. The van der Waals surface area contributed by atoms with E-state index < -0.39 is 7.82 Å². The molecule has 0 unspecified atom stereocenters. The summed E-state index contributed by atoms with van der Waals surface area (Å²) in [6, 6.07) is 20.5. The number of para-hydroxylation sites is 1. The molecule has 3 aromatic carbocycles. The van der Waals surface area contributed by atoms with E-state index in [0.29, 0.717) is 23.7 Å². The Labute approximate surface area is 153 Å². The van der Waals surface area contributed by atoms with Crippen molar-refractivity contribution in [3.63, 3.8) is 0 Å². The fourth-order valence-electron chi connectivity index (χ4n) is 2.98. The summed E-state index contributed by atoms with van der Waals surface area (Å²) in [5.41, 5.74) is 4.14. The molecule has 4 rings (SSSR count). The Morgan fingerprint density at radius 1 is 0.808 bits per heavy atom. The van der Waals surface area contributed by atoms with Gasteiger partial charge in [-0.2, -0.15) is 4.57 Å². The van der Waals surface area contributed by atoms with Gasteiger partial charge in [0, 0.05) is 6.42 Å². The first-order valence-corrected chi connectivity index (χ1v) is 9.90. The number of aryl methyl sites for hydroxylation is 2. The monoisotopic (exact) mass is 366 g/mol. The lowest BCUT2D eigenvalue weighted by Crippen LogP contribution is -2.12. The lowest BCUT2D eigenvalue weighted by atomic mass is 10.00. The van der Waals surface area contributed by atoms with Gasteiger partial charge in [-0.25, -0.2) is 0 Å². The summed E-state index contributed by atoms with van der Waals surface area (Å²) in [4.78, 5) is 0. The summed E-state index contributed by atoms with van der Waals surface area (Å²) in [5, 5.41) is 0. The van der Waals surface area contributed by atoms with Crippen LogP contribution in [-0.4, -0.2) is 0 Å². The molecule has 0 bridgehead atoms. The van der Waals surface area contributed by atoms with Crippen molar-refractivity contribution >= 4 is 7.82 Å². The number of phosphoric ester groups is 1. The molecule has 0 aliphatic carbocycles. The Hall–Kier alpha value is -2.71. The summed E-state index contributed by atoms with van der Waals surface area (Å²) in [6.07, 6.45) is 0.638. The zero-order valence-electron chi connectivity index (χ0n) is 14.6. The molecule has 0 aromatic heterocycles. The molecular weight excluding hydrogens is 347 g/mol. The van der Waals surface area contributed by atoms with Crippen LogP contribution in [0.4, 0.5) is 0 Å². The van der Waals surface area contributed by atoms with E-state index in [0.717, 1.165) is 22.3 Å². The summed E-state index contributed by atoms with van der Waals surface area (Å²) >= 11 is 0. The molecular formula is C21H19O4P. The first-order valence-electron chi connectivity index (χ1n) is 8.44. The van der Waals surface area contributed by atoms with Crippen molar-refractivity contribution in [1.29, 1.82) is 0 Å². The molecule has 132 valence electrons. The first-order chi connectivity index (χ1) is 12.5. The average Bonchev–Trinajstić information content (AvgIpc) is 2.59. The second-order valence-electron chi connectivity index (χ2n) is 6.43. The zero-order valence-corrected chi connectivity index (χ0v) is 15.5. The predicted molar refractivity (Wildman–Crippen MR) is 101 cm³/mol. The van der Waals surface area contributed by atoms with Gasteiger partial charge in [0.05, 0.1) is 0 Å². The van der Waals surface area contributed by atoms with Gasteiger partial charge in [-0.3, -0.25) is 0 Å². The molecule has 26 heavy (non-hydrogen) atoms. The number of phosphoric acid groups is 1. The molecule has 0 saturated carbocycles. The minimum atomic E-state index is -3.90. The molecule has 0 fully saturated rings. The van der Waals surface area contributed by atoms with Crippen LogP contribution in [0.2, 0.25) is 0 Å². The molecule has 0 spiro atoms. The van der Waals surface area contributed by atoms with Crippen LogP contribution in [0.3, 0.4) is 0 Å². The van der Waals surface area contributed by atoms with Gasteiger partial charge in [-0.1, -0.05) is 53.6 Å². The second-order valence-corrected chi connectivity index (χ2v) is 7.88. The number of hydrogen-bond acceptors (Lipinski definition) is 4. The highest BCUT2D eigenvalue weighted by Gasteiger charge is 2.36. The summed E-state index contributed by atoms with van der Waals surface area (Å²) in [5.74, 6) is 1.46. The molecule has 0 saturated heterocycles. The van der Waals surface area contributed by atoms with Crippen molar-refractivity contribution in [2.45, 2.75) is 20.3 Å². The van der Waals surface area contributed by atoms with Gasteiger partial charge in [-0.15, -0.1) is 0 Å². The minimum Gasteiger partial charge on any atom is -0.386 e. The summed E-state index contributed by atoms with van der Waals surface area (Å²) in [7, 11) is -3.90. The second kappa shape index (κ2) is 6.54. The van der Waals surface area contributed by atoms with E-state index in [-0.39, 0.29) is 0 Å². The highest BCUT2D eigenvalue weighted by molar-refractivity contribution is 7.49. The largest absolute Gasteiger partial charge is 0.647 e. The number of rotatable bonds is 2. The van der Waals surface area contributed by atoms with Crippen LogP contribution in [0, 0.1) is 13.8 Å². The van der Waals surface area contributed by atoms with Crippen LogP contribution < -0.4 is 13.6 Å². The van der Waals surface area contributed by atoms with Crippen LogP contribution in [0.1, 0.15) is 22.3 Å². The molecule has 1 aliphatic heterocycles. The van der Waals surface area contributed by atoms with E-state index >= 15 is 0 Å². The van der Waals surface area contributed by atoms with Crippen molar-refractivity contribution in [1.82, 2.24) is 0 Å². The number of hydrogen-bond donors (Lipinski definition) is 0. The third-order valence-corrected chi connectivity index (χ3v) is 5.47. The Morgan fingerprint density at radius 2 is 1.35 bits per heavy atom. The maximum Gasteiger partial charge on any atom is 0.647 e. The smallest absolute Gasteiger partial charge is 0.386 e. The van der Waals surface area contributed by atoms with Gasteiger partial charge in [-0.05, 0) is 49.2 Å². The molecule has 0 radical (unpaired) electrons. The molecule has 3 aromatic rings. The van der Waals surface area contributed by atoms with Crippen molar-refractivity contribution < 1.29 is 18.1 Å². The highest BCUT2D eigenvalue weighted by Crippen LogP contribution is 2.52. The maximum atomic E-state index is 13.4. The third-order valence-electron chi connectivity index (χ3n) is 4.19. The van der Waals surface area contributed by atoms with E-state index in [2.05, 4.69) is 0 Å². The third kappa shape index (κ3) is 3.47. The fraction of sp³-hybridized carbons (Fsp3) is 0.143. The number of benzene rings is 3.